The summed E-state index contributed by atoms with van der Waals surface area (Å²) in [6.45, 7) is 6.52. The van der Waals surface area contributed by atoms with E-state index in [1.165, 1.54) is 16.9 Å². The Bertz CT molecular complexity index is 748. The van der Waals surface area contributed by atoms with Crippen LogP contribution < -0.4 is 0 Å². The van der Waals surface area contributed by atoms with Crippen molar-refractivity contribution in [1.29, 1.82) is 0 Å². The molecule has 2 aliphatic rings. The van der Waals surface area contributed by atoms with E-state index in [-0.39, 0.29) is 5.91 Å². The number of fused-ring (bicyclic) bond motifs is 2. The number of amides is 1. The second-order valence-electron chi connectivity index (χ2n) is 6.66. The van der Waals surface area contributed by atoms with Crippen molar-refractivity contribution in [3.8, 4) is 0 Å². The van der Waals surface area contributed by atoms with E-state index in [1.54, 1.807) is 11.3 Å². The lowest BCUT2D eigenvalue weighted by Crippen LogP contribution is -2.39. The zero-order valence-electron chi connectivity index (χ0n) is 13.7. The fraction of sp³-hybridized carbons (Fsp3) is 0.588. The van der Waals surface area contributed by atoms with Gasteiger partial charge in [-0.3, -0.25) is 4.79 Å². The van der Waals surface area contributed by atoms with Crippen LogP contribution in [-0.2, 0) is 32.4 Å². The third kappa shape index (κ3) is 2.49. The number of hydrogen-bond acceptors (Lipinski definition) is 4. The molecule has 2 aromatic heterocycles. The molecule has 3 heterocycles. The van der Waals surface area contributed by atoms with Crippen molar-refractivity contribution in [3.05, 3.63) is 33.0 Å². The van der Waals surface area contributed by atoms with Gasteiger partial charge in [-0.1, -0.05) is 13.8 Å². The summed E-state index contributed by atoms with van der Waals surface area (Å²) >= 11 is 1.76. The largest absolute Gasteiger partial charge is 0.329 e. The van der Waals surface area contributed by atoms with Crippen LogP contribution in [0, 0.1) is 5.92 Å². The maximum atomic E-state index is 13.0. The summed E-state index contributed by atoms with van der Waals surface area (Å²) in [6, 6.07) is 0. The topological polar surface area (TPSA) is 51.0 Å². The van der Waals surface area contributed by atoms with Gasteiger partial charge in [-0.05, 0) is 30.7 Å². The fourth-order valence-electron chi connectivity index (χ4n) is 3.68. The quantitative estimate of drug-likeness (QED) is 0.851. The zero-order valence-corrected chi connectivity index (χ0v) is 14.5. The molecule has 5 nitrogen and oxygen atoms in total. The Kier molecular flexibility index (Phi) is 3.71. The summed E-state index contributed by atoms with van der Waals surface area (Å²) in [6.07, 6.45) is 4.25. The highest BCUT2D eigenvalue weighted by atomic mass is 32.1. The van der Waals surface area contributed by atoms with Gasteiger partial charge in [0.25, 0.3) is 5.91 Å². The van der Waals surface area contributed by atoms with Gasteiger partial charge in [-0.2, -0.15) is 0 Å². The van der Waals surface area contributed by atoms with Gasteiger partial charge in [0.2, 0.25) is 0 Å². The predicted octanol–water partition coefficient (Wildman–Crippen LogP) is 2.68. The van der Waals surface area contributed by atoms with Crippen molar-refractivity contribution >= 4 is 17.2 Å². The van der Waals surface area contributed by atoms with Crippen molar-refractivity contribution in [2.24, 2.45) is 5.92 Å². The summed E-state index contributed by atoms with van der Waals surface area (Å²) < 4.78 is 2.16. The standard InChI is InChI=1S/C17H22N4OS/c1-3-15-18-19-16-9-20(6-7-21(15)16)17(22)13-10-23-14-8-11(2)4-5-12(13)14/h10-11H,3-9H2,1-2H3. The van der Waals surface area contributed by atoms with Crippen LogP contribution in [0.2, 0.25) is 0 Å². The summed E-state index contributed by atoms with van der Waals surface area (Å²) in [4.78, 5) is 16.3. The number of nitrogens with zero attached hydrogens (tertiary/aromatic N) is 4. The lowest BCUT2D eigenvalue weighted by molar-refractivity contribution is 0.0705. The fourth-order valence-corrected chi connectivity index (χ4v) is 4.92. The number of thiophene rings is 1. The van der Waals surface area contributed by atoms with E-state index in [9.17, 15) is 4.79 Å². The second kappa shape index (κ2) is 5.74. The lowest BCUT2D eigenvalue weighted by Gasteiger charge is -2.28. The second-order valence-corrected chi connectivity index (χ2v) is 7.63. The summed E-state index contributed by atoms with van der Waals surface area (Å²) in [5.41, 5.74) is 2.24. The average molecular weight is 330 g/mol. The molecule has 0 bridgehead atoms. The molecule has 23 heavy (non-hydrogen) atoms. The Hall–Kier alpha value is -1.69. The van der Waals surface area contributed by atoms with Gasteiger partial charge >= 0.3 is 0 Å². The van der Waals surface area contributed by atoms with Crippen LogP contribution in [-0.4, -0.2) is 32.1 Å². The highest BCUT2D eigenvalue weighted by Crippen LogP contribution is 2.33. The maximum absolute atomic E-state index is 13.0. The molecule has 1 aliphatic carbocycles. The minimum Gasteiger partial charge on any atom is -0.329 e. The van der Waals surface area contributed by atoms with Crippen LogP contribution in [0.4, 0.5) is 0 Å². The molecule has 0 fully saturated rings. The van der Waals surface area contributed by atoms with Crippen LogP contribution in [0.25, 0.3) is 0 Å². The Labute approximate surface area is 140 Å². The van der Waals surface area contributed by atoms with Gasteiger partial charge < -0.3 is 9.47 Å². The molecule has 1 aliphatic heterocycles. The molecule has 0 spiro atoms. The van der Waals surface area contributed by atoms with Gasteiger partial charge in [-0.15, -0.1) is 21.5 Å². The molecular formula is C17H22N4OS. The molecule has 1 atom stereocenters. The molecule has 1 unspecified atom stereocenters. The molecule has 6 heteroatoms. The van der Waals surface area contributed by atoms with Gasteiger partial charge in [0.15, 0.2) is 5.82 Å². The number of hydrogen-bond donors (Lipinski definition) is 0. The SMILES string of the molecule is CCc1nnc2n1CCN(C(=O)c1csc3c1CCC(C)C3)C2. The Morgan fingerprint density at radius 1 is 1.39 bits per heavy atom. The van der Waals surface area contributed by atoms with E-state index in [2.05, 4.69) is 34.0 Å². The van der Waals surface area contributed by atoms with E-state index >= 15 is 0 Å². The minimum absolute atomic E-state index is 0.171. The molecule has 0 N–H and O–H groups in total. The lowest BCUT2D eigenvalue weighted by atomic mass is 9.88. The summed E-state index contributed by atoms with van der Waals surface area (Å²) in [5.74, 6) is 2.85. The highest BCUT2D eigenvalue weighted by molar-refractivity contribution is 7.10. The zero-order chi connectivity index (χ0) is 16.0. The molecule has 2 aromatic rings. The number of rotatable bonds is 2. The third-order valence-electron chi connectivity index (χ3n) is 5.07. The maximum Gasteiger partial charge on any atom is 0.255 e. The summed E-state index contributed by atoms with van der Waals surface area (Å²) in [5, 5.41) is 10.6. The molecule has 0 saturated carbocycles. The van der Waals surface area contributed by atoms with Crippen LogP contribution in [0.15, 0.2) is 5.38 Å². The average Bonchev–Trinajstić information content (AvgIpc) is 3.16. The molecule has 0 aromatic carbocycles. The highest BCUT2D eigenvalue weighted by Gasteiger charge is 2.29. The number of carbonyl (C=O) groups excluding carboxylic acids is 1. The Morgan fingerprint density at radius 2 is 2.26 bits per heavy atom. The van der Waals surface area contributed by atoms with E-state index in [4.69, 9.17) is 0 Å². The Morgan fingerprint density at radius 3 is 3.09 bits per heavy atom. The van der Waals surface area contributed by atoms with Crippen molar-refractivity contribution < 1.29 is 4.79 Å². The van der Waals surface area contributed by atoms with Crippen LogP contribution in [0.5, 0.6) is 0 Å². The molecule has 0 radical (unpaired) electrons. The number of carbonyl (C=O) groups is 1. The smallest absolute Gasteiger partial charge is 0.255 e. The van der Waals surface area contributed by atoms with Crippen molar-refractivity contribution in [1.82, 2.24) is 19.7 Å². The van der Waals surface area contributed by atoms with E-state index in [1.807, 2.05) is 4.90 Å². The first-order valence-electron chi connectivity index (χ1n) is 8.46. The first-order valence-corrected chi connectivity index (χ1v) is 9.34. The molecule has 1 amide bonds. The van der Waals surface area contributed by atoms with E-state index in [0.717, 1.165) is 55.5 Å². The number of aryl methyl sites for hydroxylation is 1. The third-order valence-corrected chi connectivity index (χ3v) is 6.12. The molecule has 122 valence electrons. The molecule has 0 saturated heterocycles. The molecular weight excluding hydrogens is 308 g/mol. The van der Waals surface area contributed by atoms with Gasteiger partial charge in [0.05, 0.1) is 12.1 Å². The van der Waals surface area contributed by atoms with Gasteiger partial charge in [-0.25, -0.2) is 0 Å². The number of aromatic nitrogens is 3. The first kappa shape index (κ1) is 14.9. The normalized spacial score (nSPS) is 20.3. The first-order chi connectivity index (χ1) is 11.2. The van der Waals surface area contributed by atoms with Crippen LogP contribution in [0.1, 0.15) is 52.7 Å². The summed E-state index contributed by atoms with van der Waals surface area (Å²) in [7, 11) is 0. The predicted molar refractivity (Wildman–Crippen MR) is 89.6 cm³/mol. The van der Waals surface area contributed by atoms with E-state index < -0.39 is 0 Å². The van der Waals surface area contributed by atoms with E-state index in [0.29, 0.717) is 6.54 Å². The van der Waals surface area contributed by atoms with Crippen molar-refractivity contribution in [2.75, 3.05) is 6.54 Å². The van der Waals surface area contributed by atoms with Crippen LogP contribution >= 0.6 is 11.3 Å². The van der Waals surface area contributed by atoms with Gasteiger partial charge in [0.1, 0.15) is 5.82 Å². The van der Waals surface area contributed by atoms with Crippen molar-refractivity contribution in [3.63, 3.8) is 0 Å². The van der Waals surface area contributed by atoms with Gasteiger partial charge in [0, 0.05) is 29.8 Å². The van der Waals surface area contributed by atoms with Crippen LogP contribution in [0.3, 0.4) is 0 Å². The van der Waals surface area contributed by atoms with Crippen molar-refractivity contribution in [2.45, 2.75) is 52.6 Å². The molecule has 4 rings (SSSR count). The Balaban J connectivity index is 1.57. The minimum atomic E-state index is 0.171. The monoisotopic (exact) mass is 330 g/mol.